The van der Waals surface area contributed by atoms with Crippen LogP contribution in [0.2, 0.25) is 0 Å². The van der Waals surface area contributed by atoms with Gasteiger partial charge in [0.25, 0.3) is 0 Å². The number of H-pyrrole nitrogens is 1. The number of hydrogen-bond donors (Lipinski definition) is 1. The molecule has 0 amide bonds. The Morgan fingerprint density at radius 3 is 2.63 bits per heavy atom. The summed E-state index contributed by atoms with van der Waals surface area (Å²) in [5.74, 6) is -1.19. The molecule has 102 valence electrons. The number of hydrogen-bond acceptors (Lipinski definition) is 0. The number of fused-ring (bicyclic) bond motifs is 3. The summed E-state index contributed by atoms with van der Waals surface area (Å²) in [7, 11) is 0. The number of benzene rings is 1. The van der Waals surface area contributed by atoms with Gasteiger partial charge in [-0.3, -0.25) is 0 Å². The molecule has 0 aliphatic heterocycles. The molecule has 1 N–H and O–H groups in total. The molecule has 0 saturated carbocycles. The largest absolute Gasteiger partial charge is 0.392 e. The van der Waals surface area contributed by atoms with Gasteiger partial charge in [-0.2, -0.15) is 13.2 Å². The number of alkyl halides is 3. The summed E-state index contributed by atoms with van der Waals surface area (Å²) in [6.07, 6.45) is -3.28. The first kappa shape index (κ1) is 12.6. The second-order valence-corrected chi connectivity index (χ2v) is 5.57. The van der Waals surface area contributed by atoms with Crippen LogP contribution < -0.4 is 0 Å². The van der Waals surface area contributed by atoms with Crippen LogP contribution in [0.25, 0.3) is 10.9 Å². The Hall–Kier alpha value is -1.45. The van der Waals surface area contributed by atoms with Crippen LogP contribution in [-0.4, -0.2) is 11.2 Å². The zero-order valence-corrected chi connectivity index (χ0v) is 11.0. The van der Waals surface area contributed by atoms with Crippen molar-refractivity contribution < 1.29 is 13.2 Å². The fourth-order valence-corrected chi connectivity index (χ4v) is 3.15. The lowest BCUT2D eigenvalue weighted by Gasteiger charge is -2.24. The topological polar surface area (TPSA) is 15.8 Å². The molecule has 1 heterocycles. The minimum absolute atomic E-state index is 0.113. The van der Waals surface area contributed by atoms with Gasteiger partial charge in [-0.25, -0.2) is 0 Å². The van der Waals surface area contributed by atoms with Gasteiger partial charge in [-0.15, -0.1) is 0 Å². The number of aryl methyl sites for hydroxylation is 3. The van der Waals surface area contributed by atoms with Crippen LogP contribution in [0.15, 0.2) is 12.1 Å². The monoisotopic (exact) mass is 267 g/mol. The van der Waals surface area contributed by atoms with Crippen LogP contribution in [0.3, 0.4) is 0 Å². The summed E-state index contributed by atoms with van der Waals surface area (Å²) in [4.78, 5) is 3.32. The highest BCUT2D eigenvalue weighted by molar-refractivity contribution is 5.88. The molecule has 4 heteroatoms. The van der Waals surface area contributed by atoms with Crippen LogP contribution in [-0.2, 0) is 12.8 Å². The minimum Gasteiger partial charge on any atom is -0.358 e. The van der Waals surface area contributed by atoms with Crippen LogP contribution in [0, 0.1) is 19.8 Å². The van der Waals surface area contributed by atoms with Crippen LogP contribution in [0.4, 0.5) is 13.2 Å². The fourth-order valence-electron chi connectivity index (χ4n) is 3.15. The van der Waals surface area contributed by atoms with Gasteiger partial charge in [0.2, 0.25) is 0 Å². The molecule has 0 radical (unpaired) electrons. The maximum Gasteiger partial charge on any atom is 0.392 e. The molecule has 1 aliphatic carbocycles. The highest BCUT2D eigenvalue weighted by atomic mass is 19.4. The maximum absolute atomic E-state index is 12.9. The average molecular weight is 267 g/mol. The fraction of sp³-hybridized carbons (Fsp3) is 0.467. The van der Waals surface area contributed by atoms with Crippen molar-refractivity contribution in [2.45, 2.75) is 39.3 Å². The zero-order valence-electron chi connectivity index (χ0n) is 11.0. The number of aromatic nitrogens is 1. The summed E-state index contributed by atoms with van der Waals surface area (Å²) in [5, 5.41) is 0.974. The van der Waals surface area contributed by atoms with Crippen LogP contribution >= 0.6 is 0 Å². The van der Waals surface area contributed by atoms with Gasteiger partial charge < -0.3 is 4.98 Å². The van der Waals surface area contributed by atoms with E-state index in [9.17, 15) is 13.2 Å². The zero-order chi connectivity index (χ0) is 13.8. The number of halogens is 3. The van der Waals surface area contributed by atoms with E-state index in [1.54, 1.807) is 0 Å². The number of aromatic amines is 1. The van der Waals surface area contributed by atoms with Crippen molar-refractivity contribution in [3.05, 3.63) is 34.5 Å². The highest BCUT2D eigenvalue weighted by Gasteiger charge is 2.41. The lowest BCUT2D eigenvalue weighted by molar-refractivity contribution is -0.177. The van der Waals surface area contributed by atoms with Crippen molar-refractivity contribution in [1.29, 1.82) is 0 Å². The molecule has 1 aromatic carbocycles. The molecule has 1 atom stereocenters. The molecular weight excluding hydrogens is 251 g/mol. The lowest BCUT2D eigenvalue weighted by atomic mass is 9.85. The molecule has 1 aromatic heterocycles. The third-order valence-corrected chi connectivity index (χ3v) is 4.10. The predicted octanol–water partition coefficient (Wildman–Crippen LogP) is 4.45. The summed E-state index contributed by atoms with van der Waals surface area (Å²) in [5.41, 5.74) is 5.06. The van der Waals surface area contributed by atoms with Crippen LogP contribution in [0.1, 0.15) is 28.8 Å². The molecule has 0 fully saturated rings. The summed E-state index contributed by atoms with van der Waals surface area (Å²) in [6.45, 7) is 3.98. The van der Waals surface area contributed by atoms with E-state index in [0.29, 0.717) is 6.42 Å². The van der Waals surface area contributed by atoms with E-state index in [-0.39, 0.29) is 12.8 Å². The lowest BCUT2D eigenvalue weighted by Crippen LogP contribution is -2.28. The molecule has 1 aliphatic rings. The molecule has 2 aromatic rings. The van der Waals surface area contributed by atoms with E-state index in [0.717, 1.165) is 33.3 Å². The Bertz CT molecular complexity index is 637. The summed E-state index contributed by atoms with van der Waals surface area (Å²) < 4.78 is 38.7. The van der Waals surface area contributed by atoms with Crippen molar-refractivity contribution in [2.75, 3.05) is 0 Å². The van der Waals surface area contributed by atoms with E-state index >= 15 is 0 Å². The first-order valence-corrected chi connectivity index (χ1v) is 6.53. The quantitative estimate of drug-likeness (QED) is 0.725. The summed E-state index contributed by atoms with van der Waals surface area (Å²) >= 11 is 0. The minimum atomic E-state index is -4.08. The number of rotatable bonds is 0. The van der Waals surface area contributed by atoms with Crippen molar-refractivity contribution in [3.63, 3.8) is 0 Å². The van der Waals surface area contributed by atoms with Crippen molar-refractivity contribution in [3.8, 4) is 0 Å². The maximum atomic E-state index is 12.9. The molecular formula is C15H16F3N. The Labute approximate surface area is 109 Å². The second-order valence-electron chi connectivity index (χ2n) is 5.57. The molecule has 19 heavy (non-hydrogen) atoms. The van der Waals surface area contributed by atoms with E-state index in [1.807, 2.05) is 19.9 Å². The van der Waals surface area contributed by atoms with Crippen molar-refractivity contribution in [2.24, 2.45) is 5.92 Å². The van der Waals surface area contributed by atoms with E-state index < -0.39 is 12.1 Å². The Balaban J connectivity index is 2.13. The first-order valence-electron chi connectivity index (χ1n) is 6.53. The van der Waals surface area contributed by atoms with E-state index in [4.69, 9.17) is 0 Å². The third kappa shape index (κ3) is 2.03. The second kappa shape index (κ2) is 4.02. The molecule has 0 spiro atoms. The number of nitrogens with one attached hydrogen (secondary N) is 1. The molecule has 0 saturated heterocycles. The Kier molecular flexibility index (Phi) is 2.66. The van der Waals surface area contributed by atoms with Crippen molar-refractivity contribution in [1.82, 2.24) is 4.98 Å². The van der Waals surface area contributed by atoms with Crippen LogP contribution in [0.5, 0.6) is 0 Å². The van der Waals surface area contributed by atoms with E-state index in [2.05, 4.69) is 11.1 Å². The smallest absolute Gasteiger partial charge is 0.358 e. The standard InChI is InChI=1S/C15H16F3N/c1-8-5-9(2)14-12(6-8)11-7-10(15(16,17)18)3-4-13(11)19-14/h5-6,10,19H,3-4,7H2,1-2H3. The Morgan fingerprint density at radius 2 is 1.95 bits per heavy atom. The normalized spacial score (nSPS) is 19.7. The van der Waals surface area contributed by atoms with Gasteiger partial charge in [0.1, 0.15) is 0 Å². The highest BCUT2D eigenvalue weighted by Crippen LogP contribution is 2.40. The molecule has 1 nitrogen and oxygen atoms in total. The van der Waals surface area contributed by atoms with Gasteiger partial charge in [0.15, 0.2) is 0 Å². The molecule has 1 unspecified atom stereocenters. The SMILES string of the molecule is Cc1cc(C)c2[nH]c3c(c2c1)CC(C(F)(F)F)CC3. The summed E-state index contributed by atoms with van der Waals surface area (Å²) in [6, 6.07) is 4.06. The van der Waals surface area contributed by atoms with E-state index in [1.165, 1.54) is 0 Å². The predicted molar refractivity (Wildman–Crippen MR) is 69.3 cm³/mol. The van der Waals surface area contributed by atoms with Gasteiger partial charge in [-0.1, -0.05) is 11.6 Å². The van der Waals surface area contributed by atoms with Gasteiger partial charge >= 0.3 is 6.18 Å². The third-order valence-electron chi connectivity index (χ3n) is 4.10. The molecule has 3 rings (SSSR count). The van der Waals surface area contributed by atoms with Gasteiger partial charge in [0, 0.05) is 16.6 Å². The average Bonchev–Trinajstić information content (AvgIpc) is 2.66. The van der Waals surface area contributed by atoms with Gasteiger partial charge in [0.05, 0.1) is 5.92 Å². The Morgan fingerprint density at radius 1 is 1.21 bits per heavy atom. The van der Waals surface area contributed by atoms with Crippen molar-refractivity contribution >= 4 is 10.9 Å². The first-order chi connectivity index (χ1) is 8.86. The molecule has 0 bridgehead atoms. The van der Waals surface area contributed by atoms with Gasteiger partial charge in [-0.05, 0) is 50.3 Å².